The van der Waals surface area contributed by atoms with E-state index >= 15 is 0 Å². The average Bonchev–Trinajstić information content (AvgIpc) is 2.94. The maximum atomic E-state index is 11.3. The van der Waals surface area contributed by atoms with Gasteiger partial charge in [-0.3, -0.25) is 4.98 Å². The second-order valence-electron chi connectivity index (χ2n) is 5.05. The first-order valence-electron chi connectivity index (χ1n) is 6.87. The third-order valence-corrected chi connectivity index (χ3v) is 3.63. The molecule has 112 valence electrons. The van der Waals surface area contributed by atoms with E-state index in [0.717, 1.165) is 22.0 Å². The number of carbonyl (C=O) groups is 1. The Labute approximate surface area is 130 Å². The van der Waals surface area contributed by atoms with Gasteiger partial charge in [-0.2, -0.15) is 4.98 Å². The molecule has 0 aliphatic rings. The number of nitrogens with zero attached hydrogens (tertiary/aromatic N) is 4. The van der Waals surface area contributed by atoms with Crippen LogP contribution in [0.25, 0.3) is 27.7 Å². The summed E-state index contributed by atoms with van der Waals surface area (Å²) in [4.78, 5) is 19.8. The molecule has 3 heterocycles. The number of pyridine rings is 2. The van der Waals surface area contributed by atoms with Crippen molar-refractivity contribution < 1.29 is 9.90 Å². The first-order valence-corrected chi connectivity index (χ1v) is 6.87. The van der Waals surface area contributed by atoms with Gasteiger partial charge in [0.2, 0.25) is 5.95 Å². The molecule has 7 nitrogen and oxygen atoms in total. The number of carboxylic acids is 1. The average molecular weight is 305 g/mol. The Morgan fingerprint density at radius 2 is 2.04 bits per heavy atom. The van der Waals surface area contributed by atoms with E-state index < -0.39 is 5.97 Å². The predicted octanol–water partition coefficient (Wildman–Crippen LogP) is 2.22. The lowest BCUT2D eigenvalue weighted by Crippen LogP contribution is -2.07. The van der Waals surface area contributed by atoms with Crippen molar-refractivity contribution in [2.24, 2.45) is 0 Å². The Hall–Kier alpha value is -3.48. The lowest BCUT2D eigenvalue weighted by Gasteiger charge is -2.06. The predicted molar refractivity (Wildman–Crippen MR) is 85.1 cm³/mol. The Kier molecular flexibility index (Phi) is 2.74. The zero-order valence-corrected chi connectivity index (χ0v) is 11.8. The van der Waals surface area contributed by atoms with Crippen LogP contribution in [0.1, 0.15) is 10.5 Å². The topological polar surface area (TPSA) is 106 Å². The Bertz CT molecular complexity index is 1070. The number of rotatable bonds is 2. The van der Waals surface area contributed by atoms with Gasteiger partial charge in [0.15, 0.2) is 11.3 Å². The smallest absolute Gasteiger partial charge is 0.354 e. The van der Waals surface area contributed by atoms with Crippen LogP contribution in [0.4, 0.5) is 5.95 Å². The van der Waals surface area contributed by atoms with Crippen molar-refractivity contribution in [2.45, 2.75) is 0 Å². The normalized spacial score (nSPS) is 11.1. The zero-order chi connectivity index (χ0) is 16.0. The Morgan fingerprint density at radius 3 is 2.87 bits per heavy atom. The number of hydrogen-bond acceptors (Lipinski definition) is 5. The first-order chi connectivity index (χ1) is 11.1. The summed E-state index contributed by atoms with van der Waals surface area (Å²) in [5.41, 5.74) is 8.60. The molecule has 0 bridgehead atoms. The molecule has 0 atom stereocenters. The van der Waals surface area contributed by atoms with Crippen LogP contribution in [-0.2, 0) is 0 Å². The molecular weight excluding hydrogens is 294 g/mol. The van der Waals surface area contributed by atoms with Gasteiger partial charge in [-0.1, -0.05) is 12.1 Å². The molecular formula is C16H11N5O2. The number of carboxylic acid groups (broad SMARTS) is 1. The lowest BCUT2D eigenvalue weighted by atomic mass is 10.0. The fourth-order valence-corrected chi connectivity index (χ4v) is 2.61. The molecule has 0 fully saturated rings. The van der Waals surface area contributed by atoms with E-state index in [9.17, 15) is 9.90 Å². The second-order valence-corrected chi connectivity index (χ2v) is 5.05. The largest absolute Gasteiger partial charge is 0.477 e. The van der Waals surface area contributed by atoms with Crippen molar-refractivity contribution in [3.63, 3.8) is 0 Å². The minimum atomic E-state index is -1.09. The molecule has 0 saturated heterocycles. The number of fused-ring (bicyclic) bond motifs is 2. The molecule has 4 rings (SSSR count). The van der Waals surface area contributed by atoms with Crippen molar-refractivity contribution in [1.29, 1.82) is 0 Å². The van der Waals surface area contributed by atoms with Crippen LogP contribution >= 0.6 is 0 Å². The molecule has 0 aliphatic carbocycles. The van der Waals surface area contributed by atoms with Crippen LogP contribution in [0.2, 0.25) is 0 Å². The molecule has 0 saturated carbocycles. The number of nitrogen functional groups attached to an aromatic ring is 1. The maximum Gasteiger partial charge on any atom is 0.354 e. The highest BCUT2D eigenvalue weighted by molar-refractivity contribution is 5.91. The van der Waals surface area contributed by atoms with E-state index in [-0.39, 0.29) is 11.6 Å². The minimum absolute atomic E-state index is 0.00964. The van der Waals surface area contributed by atoms with Gasteiger partial charge in [-0.05, 0) is 35.9 Å². The maximum absolute atomic E-state index is 11.3. The van der Waals surface area contributed by atoms with Crippen molar-refractivity contribution in [3.8, 4) is 11.1 Å². The van der Waals surface area contributed by atoms with Gasteiger partial charge in [0.25, 0.3) is 0 Å². The van der Waals surface area contributed by atoms with Crippen LogP contribution in [0.3, 0.4) is 0 Å². The van der Waals surface area contributed by atoms with E-state index in [1.807, 2.05) is 30.3 Å². The van der Waals surface area contributed by atoms with Gasteiger partial charge in [0, 0.05) is 17.1 Å². The molecule has 1 aromatic carbocycles. The Morgan fingerprint density at radius 1 is 1.17 bits per heavy atom. The quantitative estimate of drug-likeness (QED) is 0.588. The fourth-order valence-electron chi connectivity index (χ4n) is 2.61. The summed E-state index contributed by atoms with van der Waals surface area (Å²) in [6.07, 6.45) is 1.74. The van der Waals surface area contributed by atoms with Crippen LogP contribution in [0.15, 0.2) is 48.7 Å². The zero-order valence-electron chi connectivity index (χ0n) is 11.8. The van der Waals surface area contributed by atoms with Crippen molar-refractivity contribution in [3.05, 3.63) is 54.4 Å². The first kappa shape index (κ1) is 13.2. The van der Waals surface area contributed by atoms with E-state index in [1.165, 1.54) is 10.6 Å². The third kappa shape index (κ3) is 2.06. The number of hydrogen-bond donors (Lipinski definition) is 2. The Balaban J connectivity index is 2.00. The molecule has 3 N–H and O–H groups in total. The standard InChI is InChI=1S/C16H11N5O2/c17-16-19-14-11(4-6-13(15(22)23)21(14)20-16)9-3-5-12-10(8-9)2-1-7-18-12/h1-8H,(H2,17,20)(H,22,23). The number of benzene rings is 1. The van der Waals surface area contributed by atoms with Gasteiger partial charge < -0.3 is 10.8 Å². The van der Waals surface area contributed by atoms with E-state index in [2.05, 4.69) is 15.1 Å². The molecule has 23 heavy (non-hydrogen) atoms. The highest BCUT2D eigenvalue weighted by Crippen LogP contribution is 2.27. The number of aromatic carboxylic acids is 1. The van der Waals surface area contributed by atoms with Crippen LogP contribution < -0.4 is 5.73 Å². The van der Waals surface area contributed by atoms with Crippen LogP contribution in [0.5, 0.6) is 0 Å². The fraction of sp³-hybridized carbons (Fsp3) is 0. The molecule has 3 aromatic heterocycles. The highest BCUT2D eigenvalue weighted by atomic mass is 16.4. The van der Waals surface area contributed by atoms with Crippen molar-refractivity contribution >= 4 is 28.5 Å². The van der Waals surface area contributed by atoms with E-state index in [1.54, 1.807) is 12.3 Å². The molecule has 0 aliphatic heterocycles. The second kappa shape index (κ2) is 4.77. The molecule has 4 aromatic rings. The number of anilines is 1. The monoisotopic (exact) mass is 305 g/mol. The molecule has 0 spiro atoms. The minimum Gasteiger partial charge on any atom is -0.477 e. The molecule has 7 heteroatoms. The summed E-state index contributed by atoms with van der Waals surface area (Å²) in [5.74, 6) is -1.06. The SMILES string of the molecule is Nc1nc2c(-c3ccc4ncccc4c3)ccc(C(=O)O)n2n1. The summed E-state index contributed by atoms with van der Waals surface area (Å²) >= 11 is 0. The summed E-state index contributed by atoms with van der Waals surface area (Å²) in [6.45, 7) is 0. The lowest BCUT2D eigenvalue weighted by molar-refractivity contribution is 0.0687. The number of nitrogens with two attached hydrogens (primary N) is 1. The van der Waals surface area contributed by atoms with E-state index in [0.29, 0.717) is 5.65 Å². The molecule has 0 amide bonds. The van der Waals surface area contributed by atoms with Gasteiger partial charge in [0.1, 0.15) is 0 Å². The van der Waals surface area contributed by atoms with Gasteiger partial charge in [-0.15, -0.1) is 5.10 Å². The van der Waals surface area contributed by atoms with Crippen molar-refractivity contribution in [2.75, 3.05) is 5.73 Å². The molecule has 0 unspecified atom stereocenters. The summed E-state index contributed by atoms with van der Waals surface area (Å²) < 4.78 is 1.25. The van der Waals surface area contributed by atoms with E-state index in [4.69, 9.17) is 5.73 Å². The van der Waals surface area contributed by atoms with Crippen LogP contribution in [0, 0.1) is 0 Å². The highest BCUT2D eigenvalue weighted by Gasteiger charge is 2.16. The van der Waals surface area contributed by atoms with Gasteiger partial charge in [0.05, 0.1) is 5.52 Å². The summed E-state index contributed by atoms with van der Waals surface area (Å²) in [7, 11) is 0. The van der Waals surface area contributed by atoms with Gasteiger partial charge in [-0.25, -0.2) is 9.31 Å². The van der Waals surface area contributed by atoms with Gasteiger partial charge >= 0.3 is 5.97 Å². The molecule has 0 radical (unpaired) electrons. The van der Waals surface area contributed by atoms with Crippen LogP contribution in [-0.4, -0.2) is 30.7 Å². The summed E-state index contributed by atoms with van der Waals surface area (Å²) in [5, 5.41) is 14.2. The third-order valence-electron chi connectivity index (χ3n) is 3.63. The number of aromatic nitrogens is 4. The summed E-state index contributed by atoms with van der Waals surface area (Å²) in [6, 6.07) is 12.8. The van der Waals surface area contributed by atoms with Crippen molar-refractivity contribution in [1.82, 2.24) is 19.6 Å².